The highest BCUT2D eigenvalue weighted by Gasteiger charge is 2.35. The SMILES string of the molecule is CC(=O)[C@H](Cc1ccccc1)NC(=O)[C@H]1CCCN1C(=O)CNC(=O)[C@@H](C)Cc1c[nH]c2ccccc12. The molecule has 4 rings (SSSR count). The number of benzene rings is 2. The first-order valence-corrected chi connectivity index (χ1v) is 12.8. The molecule has 37 heavy (non-hydrogen) atoms. The van der Waals surface area contributed by atoms with E-state index in [-0.39, 0.29) is 36.0 Å². The third-order valence-electron chi connectivity index (χ3n) is 7.03. The Labute approximate surface area is 216 Å². The van der Waals surface area contributed by atoms with E-state index in [1.807, 2.05) is 67.7 Å². The molecule has 3 atom stereocenters. The summed E-state index contributed by atoms with van der Waals surface area (Å²) in [5, 5.41) is 6.67. The van der Waals surface area contributed by atoms with Crippen molar-refractivity contribution in [3.63, 3.8) is 0 Å². The van der Waals surface area contributed by atoms with Crippen molar-refractivity contribution in [1.82, 2.24) is 20.5 Å². The number of amides is 3. The number of aromatic nitrogens is 1. The highest BCUT2D eigenvalue weighted by Crippen LogP contribution is 2.21. The fraction of sp³-hybridized carbons (Fsp3) is 0.379. The molecule has 0 aliphatic carbocycles. The fourth-order valence-corrected chi connectivity index (χ4v) is 4.91. The first-order valence-electron chi connectivity index (χ1n) is 12.8. The van der Waals surface area contributed by atoms with Gasteiger partial charge in [-0.1, -0.05) is 55.5 Å². The van der Waals surface area contributed by atoms with E-state index in [0.29, 0.717) is 32.2 Å². The van der Waals surface area contributed by atoms with E-state index >= 15 is 0 Å². The zero-order chi connectivity index (χ0) is 26.4. The van der Waals surface area contributed by atoms with Crippen molar-refractivity contribution in [3.8, 4) is 0 Å². The smallest absolute Gasteiger partial charge is 0.243 e. The van der Waals surface area contributed by atoms with E-state index in [1.54, 1.807) is 0 Å². The fourth-order valence-electron chi connectivity index (χ4n) is 4.91. The minimum Gasteiger partial charge on any atom is -0.361 e. The normalized spacial score (nSPS) is 16.8. The molecule has 0 radical (unpaired) electrons. The third-order valence-corrected chi connectivity index (χ3v) is 7.03. The summed E-state index contributed by atoms with van der Waals surface area (Å²) >= 11 is 0. The number of rotatable bonds is 10. The molecule has 0 saturated carbocycles. The molecule has 0 spiro atoms. The van der Waals surface area contributed by atoms with Crippen molar-refractivity contribution < 1.29 is 19.2 Å². The average Bonchev–Trinajstić information content (AvgIpc) is 3.55. The lowest BCUT2D eigenvalue weighted by Gasteiger charge is -2.26. The van der Waals surface area contributed by atoms with Crippen LogP contribution in [-0.2, 0) is 32.0 Å². The molecule has 3 N–H and O–H groups in total. The Hall–Kier alpha value is -3.94. The quantitative estimate of drug-likeness (QED) is 0.396. The second-order valence-corrected chi connectivity index (χ2v) is 9.79. The molecule has 1 aliphatic rings. The Morgan fingerprint density at radius 2 is 1.76 bits per heavy atom. The van der Waals surface area contributed by atoms with Crippen LogP contribution >= 0.6 is 0 Å². The van der Waals surface area contributed by atoms with Gasteiger partial charge < -0.3 is 20.5 Å². The molecule has 8 nitrogen and oxygen atoms in total. The van der Waals surface area contributed by atoms with Gasteiger partial charge in [-0.25, -0.2) is 0 Å². The molecule has 1 aromatic heterocycles. The minimum atomic E-state index is -0.655. The van der Waals surface area contributed by atoms with Gasteiger partial charge in [0.25, 0.3) is 0 Å². The number of nitrogens with one attached hydrogen (secondary N) is 3. The summed E-state index contributed by atoms with van der Waals surface area (Å²) in [4.78, 5) is 55.7. The molecule has 1 aliphatic heterocycles. The number of ketones is 1. The Balaban J connectivity index is 1.30. The van der Waals surface area contributed by atoms with E-state index in [1.165, 1.54) is 11.8 Å². The number of fused-ring (bicyclic) bond motifs is 1. The number of carbonyl (C=O) groups is 4. The maximum atomic E-state index is 13.0. The highest BCUT2D eigenvalue weighted by atomic mass is 16.2. The maximum absolute atomic E-state index is 13.0. The molecule has 8 heteroatoms. The first kappa shape index (κ1) is 26.1. The lowest BCUT2D eigenvalue weighted by molar-refractivity contribution is -0.139. The van der Waals surface area contributed by atoms with Gasteiger partial charge in [-0.2, -0.15) is 0 Å². The van der Waals surface area contributed by atoms with Crippen molar-refractivity contribution in [2.45, 2.75) is 51.6 Å². The summed E-state index contributed by atoms with van der Waals surface area (Å²) in [6.45, 7) is 3.57. The van der Waals surface area contributed by atoms with Crippen LogP contribution in [0, 0.1) is 5.92 Å². The van der Waals surface area contributed by atoms with Gasteiger partial charge >= 0.3 is 0 Å². The largest absolute Gasteiger partial charge is 0.361 e. The molecule has 3 amide bonds. The number of H-pyrrole nitrogens is 1. The molecule has 1 saturated heterocycles. The molecule has 1 fully saturated rings. The van der Waals surface area contributed by atoms with E-state index in [0.717, 1.165) is 22.0 Å². The van der Waals surface area contributed by atoms with Crippen LogP contribution in [0.15, 0.2) is 60.8 Å². The van der Waals surface area contributed by atoms with Gasteiger partial charge in [0.2, 0.25) is 17.7 Å². The highest BCUT2D eigenvalue weighted by molar-refractivity contribution is 5.94. The van der Waals surface area contributed by atoms with E-state index in [9.17, 15) is 19.2 Å². The summed E-state index contributed by atoms with van der Waals surface area (Å²) in [6.07, 6.45) is 4.08. The van der Waals surface area contributed by atoms with E-state index in [4.69, 9.17) is 0 Å². The van der Waals surface area contributed by atoms with Crippen LogP contribution in [0.1, 0.15) is 37.8 Å². The standard InChI is InChI=1S/C29H34N4O4/c1-19(15-22-17-30-24-12-7-6-11-23(22)24)28(36)31-18-27(35)33-14-8-13-26(33)29(37)32-25(20(2)34)16-21-9-4-3-5-10-21/h3-7,9-12,17,19,25-26,30H,8,13-16,18H2,1-2H3,(H,31,36)(H,32,37)/t19-,25-,26+/m0/s1. The summed E-state index contributed by atoms with van der Waals surface area (Å²) in [5.74, 6) is -1.30. The van der Waals surface area contributed by atoms with Gasteiger partial charge in [-0.05, 0) is 49.8 Å². The molecule has 2 heterocycles. The summed E-state index contributed by atoms with van der Waals surface area (Å²) in [7, 11) is 0. The van der Waals surface area contributed by atoms with Crippen LogP contribution in [0.5, 0.6) is 0 Å². The van der Waals surface area contributed by atoms with Gasteiger partial charge in [0.05, 0.1) is 12.6 Å². The number of hydrogen-bond donors (Lipinski definition) is 3. The Morgan fingerprint density at radius 1 is 1.03 bits per heavy atom. The zero-order valence-corrected chi connectivity index (χ0v) is 21.3. The van der Waals surface area contributed by atoms with Crippen LogP contribution in [0.4, 0.5) is 0 Å². The van der Waals surface area contributed by atoms with Crippen molar-refractivity contribution in [1.29, 1.82) is 0 Å². The van der Waals surface area contributed by atoms with Gasteiger partial charge in [-0.3, -0.25) is 19.2 Å². The molecule has 2 aromatic carbocycles. The van der Waals surface area contributed by atoms with Gasteiger partial charge in [0.15, 0.2) is 5.78 Å². The maximum Gasteiger partial charge on any atom is 0.243 e. The molecule has 194 valence electrons. The van der Waals surface area contributed by atoms with E-state index < -0.39 is 12.1 Å². The number of carbonyl (C=O) groups excluding carboxylic acids is 4. The molecule has 0 bridgehead atoms. The predicted octanol–water partition coefficient (Wildman–Crippen LogP) is 2.77. The first-order chi connectivity index (χ1) is 17.8. The van der Waals surface area contributed by atoms with Crippen molar-refractivity contribution >= 4 is 34.4 Å². The summed E-state index contributed by atoms with van der Waals surface area (Å²) in [5.41, 5.74) is 3.03. The van der Waals surface area contributed by atoms with Crippen molar-refractivity contribution in [2.24, 2.45) is 5.92 Å². The molecule has 3 aromatic rings. The number of aromatic amines is 1. The number of Topliss-reactive ketones (excluding diaryl/α,β-unsaturated/α-hetero) is 1. The third kappa shape index (κ3) is 6.44. The molecular formula is C29H34N4O4. The molecule has 0 unspecified atom stereocenters. The average molecular weight is 503 g/mol. The summed E-state index contributed by atoms with van der Waals surface area (Å²) < 4.78 is 0. The topological polar surface area (TPSA) is 111 Å². The van der Waals surface area contributed by atoms with Gasteiger partial charge in [-0.15, -0.1) is 0 Å². The predicted molar refractivity (Wildman–Crippen MR) is 142 cm³/mol. The second kappa shape index (κ2) is 11.9. The lowest BCUT2D eigenvalue weighted by Crippen LogP contribution is -2.52. The number of likely N-dealkylation sites (tertiary alicyclic amines) is 1. The lowest BCUT2D eigenvalue weighted by atomic mass is 10.00. The Kier molecular flexibility index (Phi) is 8.38. The van der Waals surface area contributed by atoms with E-state index in [2.05, 4.69) is 15.6 Å². The second-order valence-electron chi connectivity index (χ2n) is 9.79. The van der Waals surface area contributed by atoms with Crippen LogP contribution < -0.4 is 10.6 Å². The number of hydrogen-bond acceptors (Lipinski definition) is 4. The van der Waals surface area contributed by atoms with Crippen molar-refractivity contribution in [2.75, 3.05) is 13.1 Å². The van der Waals surface area contributed by atoms with Crippen LogP contribution in [0.2, 0.25) is 0 Å². The minimum absolute atomic E-state index is 0.135. The summed E-state index contributed by atoms with van der Waals surface area (Å²) in [6, 6.07) is 16.1. The van der Waals surface area contributed by atoms with Crippen LogP contribution in [0.3, 0.4) is 0 Å². The van der Waals surface area contributed by atoms with Crippen molar-refractivity contribution in [3.05, 3.63) is 71.9 Å². The van der Waals surface area contributed by atoms with Crippen LogP contribution in [-0.4, -0.2) is 58.6 Å². The number of nitrogens with zero attached hydrogens (tertiary/aromatic N) is 1. The zero-order valence-electron chi connectivity index (χ0n) is 21.3. The Bertz CT molecular complexity index is 1270. The number of para-hydroxylation sites is 1. The van der Waals surface area contributed by atoms with Gasteiger partial charge in [0.1, 0.15) is 6.04 Å². The van der Waals surface area contributed by atoms with Crippen LogP contribution in [0.25, 0.3) is 10.9 Å². The molecular weight excluding hydrogens is 468 g/mol. The monoisotopic (exact) mass is 502 g/mol. The Morgan fingerprint density at radius 3 is 2.51 bits per heavy atom. The van der Waals surface area contributed by atoms with Gasteiger partial charge in [0, 0.05) is 29.6 Å².